The molecule has 6 nitrogen and oxygen atoms in total. The van der Waals surface area contributed by atoms with Gasteiger partial charge in [0.05, 0.1) is 4.90 Å². The average molecular weight is 337 g/mol. The zero-order valence-corrected chi connectivity index (χ0v) is 13.8. The Morgan fingerprint density at radius 2 is 1.96 bits per heavy atom. The van der Waals surface area contributed by atoms with Crippen LogP contribution < -0.4 is 15.8 Å². The SMILES string of the molecule is NS(=O)(=O)c1cccc(CNC(=O)CC2CC3CCC(C2)N3)c1. The number of benzene rings is 1. The number of nitrogens with one attached hydrogen (secondary N) is 2. The number of carbonyl (C=O) groups is 1. The van der Waals surface area contributed by atoms with Gasteiger partial charge in [0.15, 0.2) is 0 Å². The first-order chi connectivity index (χ1) is 10.9. The smallest absolute Gasteiger partial charge is 0.238 e. The second-order valence-electron chi connectivity index (χ2n) is 6.65. The number of nitrogens with two attached hydrogens (primary N) is 1. The van der Waals surface area contributed by atoms with Crippen molar-refractivity contribution in [3.05, 3.63) is 29.8 Å². The van der Waals surface area contributed by atoms with Crippen LogP contribution in [0.5, 0.6) is 0 Å². The highest BCUT2D eigenvalue weighted by Gasteiger charge is 2.34. The normalized spacial score (nSPS) is 26.9. The average Bonchev–Trinajstić information content (AvgIpc) is 2.83. The van der Waals surface area contributed by atoms with Crippen LogP contribution in [0.4, 0.5) is 0 Å². The Labute approximate surface area is 136 Å². The molecular weight excluding hydrogens is 314 g/mol. The molecule has 1 aromatic carbocycles. The number of fused-ring (bicyclic) bond motifs is 2. The number of carbonyl (C=O) groups excluding carboxylic acids is 1. The van der Waals surface area contributed by atoms with Crippen LogP contribution in [0.15, 0.2) is 29.2 Å². The van der Waals surface area contributed by atoms with E-state index in [4.69, 9.17) is 5.14 Å². The van der Waals surface area contributed by atoms with Crippen molar-refractivity contribution < 1.29 is 13.2 Å². The molecule has 23 heavy (non-hydrogen) atoms. The minimum Gasteiger partial charge on any atom is -0.352 e. The van der Waals surface area contributed by atoms with Crippen molar-refractivity contribution in [2.45, 2.75) is 55.6 Å². The molecule has 2 atom stereocenters. The predicted molar refractivity (Wildman–Crippen MR) is 86.9 cm³/mol. The molecule has 0 aliphatic carbocycles. The van der Waals surface area contributed by atoms with E-state index in [-0.39, 0.29) is 10.8 Å². The fourth-order valence-electron chi connectivity index (χ4n) is 3.71. The number of piperidine rings is 1. The van der Waals surface area contributed by atoms with Crippen LogP contribution in [-0.2, 0) is 21.4 Å². The molecule has 2 bridgehead atoms. The molecule has 3 rings (SSSR count). The van der Waals surface area contributed by atoms with Crippen LogP contribution in [0.25, 0.3) is 0 Å². The molecule has 0 aromatic heterocycles. The minimum absolute atomic E-state index is 0.0253. The molecule has 0 spiro atoms. The first-order valence-electron chi connectivity index (χ1n) is 8.04. The molecule has 2 unspecified atom stereocenters. The van der Waals surface area contributed by atoms with Gasteiger partial charge in [0, 0.05) is 25.0 Å². The van der Waals surface area contributed by atoms with Gasteiger partial charge in [0.25, 0.3) is 0 Å². The summed E-state index contributed by atoms with van der Waals surface area (Å²) in [7, 11) is -3.71. The van der Waals surface area contributed by atoms with Gasteiger partial charge in [-0.2, -0.15) is 0 Å². The van der Waals surface area contributed by atoms with Crippen molar-refractivity contribution >= 4 is 15.9 Å². The summed E-state index contributed by atoms with van der Waals surface area (Å²) >= 11 is 0. The molecule has 126 valence electrons. The molecule has 2 aliphatic rings. The van der Waals surface area contributed by atoms with Gasteiger partial charge >= 0.3 is 0 Å². The number of hydrogen-bond donors (Lipinski definition) is 3. The molecule has 2 heterocycles. The Balaban J connectivity index is 1.51. The fourth-order valence-corrected chi connectivity index (χ4v) is 4.29. The van der Waals surface area contributed by atoms with E-state index < -0.39 is 10.0 Å². The minimum atomic E-state index is -3.71. The lowest BCUT2D eigenvalue weighted by Crippen LogP contribution is -2.39. The Morgan fingerprint density at radius 1 is 1.26 bits per heavy atom. The summed E-state index contributed by atoms with van der Waals surface area (Å²) in [6.45, 7) is 0.319. The van der Waals surface area contributed by atoms with E-state index in [0.717, 1.165) is 18.4 Å². The maximum atomic E-state index is 12.1. The van der Waals surface area contributed by atoms with Gasteiger partial charge in [-0.15, -0.1) is 0 Å². The van der Waals surface area contributed by atoms with Crippen LogP contribution in [0.2, 0.25) is 0 Å². The number of amides is 1. The van der Waals surface area contributed by atoms with E-state index in [0.29, 0.717) is 31.0 Å². The van der Waals surface area contributed by atoms with Gasteiger partial charge in [0.2, 0.25) is 15.9 Å². The highest BCUT2D eigenvalue weighted by Crippen LogP contribution is 2.32. The summed E-state index contributed by atoms with van der Waals surface area (Å²) in [6.07, 6.45) is 5.14. The first kappa shape index (κ1) is 16.4. The fraction of sp³-hybridized carbons (Fsp3) is 0.562. The van der Waals surface area contributed by atoms with Crippen molar-refractivity contribution in [1.82, 2.24) is 10.6 Å². The first-order valence-corrected chi connectivity index (χ1v) is 9.59. The monoisotopic (exact) mass is 337 g/mol. The van der Waals surface area contributed by atoms with Crippen LogP contribution in [0, 0.1) is 5.92 Å². The molecule has 0 radical (unpaired) electrons. The Morgan fingerprint density at radius 3 is 2.61 bits per heavy atom. The number of primary sulfonamides is 1. The van der Waals surface area contributed by atoms with Gasteiger partial charge in [-0.1, -0.05) is 12.1 Å². The lowest BCUT2D eigenvalue weighted by Gasteiger charge is -2.28. The maximum Gasteiger partial charge on any atom is 0.238 e. The second kappa shape index (κ2) is 6.59. The summed E-state index contributed by atoms with van der Waals surface area (Å²) in [5, 5.41) is 11.6. The van der Waals surface area contributed by atoms with E-state index >= 15 is 0 Å². The summed E-state index contributed by atoms with van der Waals surface area (Å²) in [6, 6.07) is 7.52. The van der Waals surface area contributed by atoms with Crippen molar-refractivity contribution in [3.8, 4) is 0 Å². The van der Waals surface area contributed by atoms with Crippen LogP contribution in [0.3, 0.4) is 0 Å². The number of rotatable bonds is 5. The summed E-state index contributed by atoms with van der Waals surface area (Å²) in [5.41, 5.74) is 0.732. The highest BCUT2D eigenvalue weighted by molar-refractivity contribution is 7.89. The predicted octanol–water partition coefficient (Wildman–Crippen LogP) is 0.871. The van der Waals surface area contributed by atoms with Gasteiger partial charge < -0.3 is 10.6 Å². The van der Waals surface area contributed by atoms with Gasteiger partial charge in [-0.05, 0) is 49.3 Å². The summed E-state index contributed by atoms with van der Waals surface area (Å²) < 4.78 is 22.7. The molecule has 1 aromatic rings. The van der Waals surface area contributed by atoms with Crippen LogP contribution in [-0.4, -0.2) is 26.4 Å². The molecule has 2 saturated heterocycles. The zero-order chi connectivity index (χ0) is 16.4. The summed E-state index contributed by atoms with van der Waals surface area (Å²) in [5.74, 6) is 0.474. The van der Waals surface area contributed by atoms with E-state index in [1.165, 1.54) is 25.0 Å². The zero-order valence-electron chi connectivity index (χ0n) is 13.0. The third-order valence-corrected chi connectivity index (χ3v) is 5.67. The highest BCUT2D eigenvalue weighted by atomic mass is 32.2. The van der Waals surface area contributed by atoms with E-state index in [2.05, 4.69) is 10.6 Å². The maximum absolute atomic E-state index is 12.1. The third-order valence-electron chi connectivity index (χ3n) is 4.76. The number of hydrogen-bond acceptors (Lipinski definition) is 4. The number of sulfonamides is 1. The van der Waals surface area contributed by atoms with Crippen LogP contribution >= 0.6 is 0 Å². The molecule has 4 N–H and O–H groups in total. The van der Waals surface area contributed by atoms with E-state index in [9.17, 15) is 13.2 Å². The Kier molecular flexibility index (Phi) is 4.70. The molecule has 7 heteroatoms. The molecular formula is C16H23N3O3S. The lowest BCUT2D eigenvalue weighted by atomic mass is 9.89. The molecule has 2 fully saturated rings. The second-order valence-corrected chi connectivity index (χ2v) is 8.21. The van der Waals surface area contributed by atoms with Gasteiger partial charge in [-0.3, -0.25) is 4.79 Å². The molecule has 2 aliphatic heterocycles. The van der Waals surface area contributed by atoms with Gasteiger partial charge in [0.1, 0.15) is 0 Å². The molecule has 1 amide bonds. The van der Waals surface area contributed by atoms with Gasteiger partial charge in [-0.25, -0.2) is 13.6 Å². The van der Waals surface area contributed by atoms with Crippen molar-refractivity contribution in [3.63, 3.8) is 0 Å². The quantitative estimate of drug-likeness (QED) is 0.742. The third kappa shape index (κ3) is 4.31. The molecule has 0 saturated carbocycles. The van der Waals surface area contributed by atoms with E-state index in [1.807, 2.05) is 0 Å². The Bertz CT molecular complexity index is 678. The van der Waals surface area contributed by atoms with E-state index in [1.54, 1.807) is 12.1 Å². The summed E-state index contributed by atoms with van der Waals surface area (Å²) in [4.78, 5) is 12.2. The van der Waals surface area contributed by atoms with Crippen LogP contribution in [0.1, 0.15) is 37.7 Å². The van der Waals surface area contributed by atoms with Crippen molar-refractivity contribution in [2.75, 3.05) is 0 Å². The van der Waals surface area contributed by atoms with Crippen molar-refractivity contribution in [2.24, 2.45) is 11.1 Å². The largest absolute Gasteiger partial charge is 0.352 e. The van der Waals surface area contributed by atoms with Crippen molar-refractivity contribution in [1.29, 1.82) is 0 Å². The Hall–Kier alpha value is -1.44. The lowest BCUT2D eigenvalue weighted by molar-refractivity contribution is -0.122. The standard InChI is InChI=1S/C16H23N3O3S/c17-23(21,22)15-3-1-2-11(8-15)10-18-16(20)9-12-6-13-4-5-14(7-12)19-13/h1-3,8,12-14,19H,4-7,9-10H2,(H,18,20)(H2,17,21,22). The topological polar surface area (TPSA) is 101 Å².